The van der Waals surface area contributed by atoms with Crippen molar-refractivity contribution < 1.29 is 9.72 Å². The fourth-order valence-corrected chi connectivity index (χ4v) is 1.88. The summed E-state index contributed by atoms with van der Waals surface area (Å²) in [5, 5.41) is 13.8. The van der Waals surface area contributed by atoms with Crippen LogP contribution in [0.2, 0.25) is 5.02 Å². The van der Waals surface area contributed by atoms with Gasteiger partial charge < -0.3 is 11.1 Å². The normalized spacial score (nSPS) is 10.1. The van der Waals surface area contributed by atoms with Crippen LogP contribution >= 0.6 is 11.6 Å². The van der Waals surface area contributed by atoms with Crippen molar-refractivity contribution >= 4 is 34.6 Å². The van der Waals surface area contributed by atoms with Crippen molar-refractivity contribution in [2.24, 2.45) is 0 Å². The van der Waals surface area contributed by atoms with E-state index < -0.39 is 16.5 Å². The molecular weight excluding hydrogens is 282 g/mol. The smallest absolute Gasteiger partial charge is 0.304 e. The number of benzene rings is 2. The zero-order valence-electron chi connectivity index (χ0n) is 10.2. The number of anilines is 2. The molecule has 0 unspecified atom stereocenters. The summed E-state index contributed by atoms with van der Waals surface area (Å²) in [4.78, 5) is 22.4. The molecule has 0 aliphatic carbocycles. The number of halogens is 1. The van der Waals surface area contributed by atoms with E-state index in [-0.39, 0.29) is 11.3 Å². The number of nitro groups is 1. The van der Waals surface area contributed by atoms with Crippen LogP contribution in [0.25, 0.3) is 0 Å². The summed E-state index contributed by atoms with van der Waals surface area (Å²) < 4.78 is 0. The second kappa shape index (κ2) is 5.58. The standard InChI is InChI=1S/C13H10ClN3O3/c14-9-5-1-2-7-11(9)16-13(18)8-4-3-6-10(15)12(8)17(19)20/h1-7H,15H2,(H,16,18). The Morgan fingerprint density at radius 1 is 1.20 bits per heavy atom. The molecule has 0 saturated carbocycles. The molecule has 0 fully saturated rings. The van der Waals surface area contributed by atoms with E-state index in [1.54, 1.807) is 24.3 Å². The molecule has 0 bridgehead atoms. The van der Waals surface area contributed by atoms with E-state index in [9.17, 15) is 14.9 Å². The lowest BCUT2D eigenvalue weighted by Crippen LogP contribution is -2.15. The van der Waals surface area contributed by atoms with Crippen molar-refractivity contribution in [3.63, 3.8) is 0 Å². The molecular formula is C13H10ClN3O3. The minimum atomic E-state index is -0.684. The first kappa shape index (κ1) is 13.8. The van der Waals surface area contributed by atoms with Gasteiger partial charge in [0.15, 0.2) is 0 Å². The first-order valence-corrected chi connectivity index (χ1v) is 5.97. The highest BCUT2D eigenvalue weighted by Gasteiger charge is 2.23. The van der Waals surface area contributed by atoms with Crippen LogP contribution < -0.4 is 11.1 Å². The number of rotatable bonds is 3. The number of nitrogens with zero attached hydrogens (tertiary/aromatic N) is 1. The lowest BCUT2D eigenvalue weighted by molar-refractivity contribution is -0.384. The Morgan fingerprint density at radius 3 is 2.55 bits per heavy atom. The van der Waals surface area contributed by atoms with Gasteiger partial charge in [-0.3, -0.25) is 14.9 Å². The number of para-hydroxylation sites is 2. The van der Waals surface area contributed by atoms with Gasteiger partial charge in [0.2, 0.25) is 0 Å². The molecule has 2 rings (SSSR count). The van der Waals surface area contributed by atoms with Crippen molar-refractivity contribution in [1.29, 1.82) is 0 Å². The first-order chi connectivity index (χ1) is 9.50. The average Bonchev–Trinajstić information content (AvgIpc) is 2.40. The van der Waals surface area contributed by atoms with Gasteiger partial charge in [0.1, 0.15) is 11.3 Å². The molecule has 3 N–H and O–H groups in total. The average molecular weight is 292 g/mol. The number of nitrogens with one attached hydrogen (secondary N) is 1. The minimum Gasteiger partial charge on any atom is -0.393 e. The molecule has 0 aromatic heterocycles. The van der Waals surface area contributed by atoms with E-state index in [1.807, 2.05) is 0 Å². The summed E-state index contributed by atoms with van der Waals surface area (Å²) >= 11 is 5.92. The van der Waals surface area contributed by atoms with Gasteiger partial charge >= 0.3 is 5.69 Å². The topological polar surface area (TPSA) is 98.3 Å². The third-order valence-corrected chi connectivity index (χ3v) is 2.95. The zero-order valence-corrected chi connectivity index (χ0v) is 10.9. The third kappa shape index (κ3) is 2.70. The largest absolute Gasteiger partial charge is 0.393 e. The second-order valence-corrected chi connectivity index (χ2v) is 4.34. The third-order valence-electron chi connectivity index (χ3n) is 2.62. The van der Waals surface area contributed by atoms with E-state index >= 15 is 0 Å². The van der Waals surface area contributed by atoms with Gasteiger partial charge in [-0.25, -0.2) is 0 Å². The Hall–Kier alpha value is -2.60. The molecule has 1 amide bonds. The predicted molar refractivity (Wildman–Crippen MR) is 76.9 cm³/mol. The van der Waals surface area contributed by atoms with Crippen molar-refractivity contribution in [3.8, 4) is 0 Å². The Kier molecular flexibility index (Phi) is 3.86. The molecule has 2 aromatic carbocycles. The van der Waals surface area contributed by atoms with Gasteiger partial charge in [0.25, 0.3) is 5.91 Å². The van der Waals surface area contributed by atoms with E-state index in [0.717, 1.165) is 0 Å². The van der Waals surface area contributed by atoms with Gasteiger partial charge in [-0.2, -0.15) is 0 Å². The predicted octanol–water partition coefficient (Wildman–Crippen LogP) is 3.08. The summed E-state index contributed by atoms with van der Waals surface area (Å²) in [5.74, 6) is -0.642. The fraction of sp³-hybridized carbons (Fsp3) is 0. The lowest BCUT2D eigenvalue weighted by Gasteiger charge is -2.08. The highest BCUT2D eigenvalue weighted by Crippen LogP contribution is 2.28. The molecule has 0 spiro atoms. The van der Waals surface area contributed by atoms with E-state index in [4.69, 9.17) is 17.3 Å². The second-order valence-electron chi connectivity index (χ2n) is 3.93. The van der Waals surface area contributed by atoms with E-state index in [1.165, 1.54) is 18.2 Å². The molecule has 0 aliphatic heterocycles. The first-order valence-electron chi connectivity index (χ1n) is 5.59. The summed E-state index contributed by atoms with van der Waals surface area (Å²) in [5.41, 5.74) is 5.30. The molecule has 0 atom stereocenters. The Morgan fingerprint density at radius 2 is 1.90 bits per heavy atom. The fourth-order valence-electron chi connectivity index (χ4n) is 1.70. The van der Waals surface area contributed by atoms with Crippen molar-refractivity contribution in [2.45, 2.75) is 0 Å². The highest BCUT2D eigenvalue weighted by molar-refractivity contribution is 6.34. The quantitative estimate of drug-likeness (QED) is 0.516. The molecule has 2 aromatic rings. The molecule has 0 aliphatic rings. The number of nitro benzene ring substituents is 1. The maximum Gasteiger partial charge on any atom is 0.304 e. The monoisotopic (exact) mass is 291 g/mol. The van der Waals surface area contributed by atoms with Crippen LogP contribution in [0, 0.1) is 10.1 Å². The van der Waals surface area contributed by atoms with Crippen LogP contribution in [0.1, 0.15) is 10.4 Å². The van der Waals surface area contributed by atoms with E-state index in [0.29, 0.717) is 10.7 Å². The van der Waals surface area contributed by atoms with Crippen molar-refractivity contribution in [3.05, 3.63) is 63.2 Å². The van der Waals surface area contributed by atoms with Gasteiger partial charge in [-0.05, 0) is 24.3 Å². The number of amides is 1. The van der Waals surface area contributed by atoms with Gasteiger partial charge in [-0.15, -0.1) is 0 Å². The number of carbonyl (C=O) groups is 1. The number of carbonyl (C=O) groups excluding carboxylic acids is 1. The molecule has 0 heterocycles. The number of hydrogen-bond acceptors (Lipinski definition) is 4. The maximum atomic E-state index is 12.1. The molecule has 0 radical (unpaired) electrons. The van der Waals surface area contributed by atoms with Crippen LogP contribution in [-0.4, -0.2) is 10.8 Å². The summed E-state index contributed by atoms with van der Waals surface area (Å²) in [6.45, 7) is 0. The summed E-state index contributed by atoms with van der Waals surface area (Å²) in [7, 11) is 0. The van der Waals surface area contributed by atoms with Crippen molar-refractivity contribution in [1.82, 2.24) is 0 Å². The Labute approximate surface area is 119 Å². The van der Waals surface area contributed by atoms with Crippen LogP contribution in [-0.2, 0) is 0 Å². The molecule has 102 valence electrons. The molecule has 7 heteroatoms. The Bertz CT molecular complexity index is 688. The lowest BCUT2D eigenvalue weighted by atomic mass is 10.1. The summed E-state index contributed by atoms with van der Waals surface area (Å²) in [6, 6.07) is 10.8. The number of nitrogen functional groups attached to an aromatic ring is 1. The van der Waals surface area contributed by atoms with Crippen LogP contribution in [0.4, 0.5) is 17.1 Å². The Balaban J connectivity index is 2.38. The van der Waals surface area contributed by atoms with Gasteiger partial charge in [0.05, 0.1) is 15.6 Å². The zero-order chi connectivity index (χ0) is 14.7. The SMILES string of the molecule is Nc1cccc(C(=O)Nc2ccccc2Cl)c1[N+](=O)[O-]. The number of hydrogen-bond donors (Lipinski definition) is 2. The van der Waals surface area contributed by atoms with Crippen LogP contribution in [0.15, 0.2) is 42.5 Å². The van der Waals surface area contributed by atoms with Gasteiger partial charge in [-0.1, -0.05) is 29.8 Å². The van der Waals surface area contributed by atoms with Crippen LogP contribution in [0.3, 0.4) is 0 Å². The maximum absolute atomic E-state index is 12.1. The molecule has 20 heavy (non-hydrogen) atoms. The van der Waals surface area contributed by atoms with Crippen LogP contribution in [0.5, 0.6) is 0 Å². The molecule has 6 nitrogen and oxygen atoms in total. The summed E-state index contributed by atoms with van der Waals surface area (Å²) in [6.07, 6.45) is 0. The minimum absolute atomic E-state index is 0.0678. The van der Waals surface area contributed by atoms with Crippen molar-refractivity contribution in [2.75, 3.05) is 11.1 Å². The molecule has 0 saturated heterocycles. The van der Waals surface area contributed by atoms with E-state index in [2.05, 4.69) is 5.32 Å². The number of nitrogens with two attached hydrogens (primary N) is 1. The highest BCUT2D eigenvalue weighted by atomic mass is 35.5. The van der Waals surface area contributed by atoms with Gasteiger partial charge in [0, 0.05) is 0 Å².